The number of rotatable bonds is 3. The summed E-state index contributed by atoms with van der Waals surface area (Å²) in [5.41, 5.74) is 8.92. The van der Waals surface area contributed by atoms with Crippen molar-refractivity contribution in [3.63, 3.8) is 0 Å². The van der Waals surface area contributed by atoms with Crippen molar-refractivity contribution in [2.24, 2.45) is 11.7 Å². The van der Waals surface area contributed by atoms with Crippen LogP contribution in [-0.2, 0) is 4.79 Å². The highest BCUT2D eigenvalue weighted by Crippen LogP contribution is 2.34. The van der Waals surface area contributed by atoms with Crippen LogP contribution in [0.1, 0.15) is 6.42 Å². The molecule has 3 rings (SSSR count). The number of nitrogens with zero attached hydrogens (tertiary/aromatic N) is 1. The Balaban J connectivity index is 2.01. The second kappa shape index (κ2) is 5.47. The second-order valence-electron chi connectivity index (χ2n) is 5.19. The van der Waals surface area contributed by atoms with Gasteiger partial charge in [0.2, 0.25) is 5.91 Å². The monoisotopic (exact) mass is 266 g/mol. The summed E-state index contributed by atoms with van der Waals surface area (Å²) in [4.78, 5) is 14.1. The van der Waals surface area contributed by atoms with Gasteiger partial charge in [-0.05, 0) is 24.1 Å². The Kier molecular flexibility index (Phi) is 3.52. The molecule has 1 unspecified atom stereocenters. The van der Waals surface area contributed by atoms with Gasteiger partial charge in [0.25, 0.3) is 0 Å². The Bertz CT molecular complexity index is 609. The van der Waals surface area contributed by atoms with Crippen LogP contribution in [0.5, 0.6) is 0 Å². The van der Waals surface area contributed by atoms with Crippen molar-refractivity contribution in [1.29, 1.82) is 0 Å². The van der Waals surface area contributed by atoms with Gasteiger partial charge in [-0.1, -0.05) is 48.5 Å². The van der Waals surface area contributed by atoms with Crippen LogP contribution in [0.2, 0.25) is 0 Å². The van der Waals surface area contributed by atoms with Gasteiger partial charge in [0.05, 0.1) is 5.69 Å². The summed E-state index contributed by atoms with van der Waals surface area (Å²) in [6.45, 7) is 1.29. The maximum Gasteiger partial charge on any atom is 0.227 e. The summed E-state index contributed by atoms with van der Waals surface area (Å²) >= 11 is 0. The van der Waals surface area contributed by atoms with E-state index >= 15 is 0 Å². The van der Waals surface area contributed by atoms with Crippen LogP contribution in [0, 0.1) is 5.92 Å². The predicted octanol–water partition coefficient (Wildman–Crippen LogP) is 2.67. The minimum atomic E-state index is 0.170. The standard InChI is InChI=1S/C17H18N2O/c18-11-13-10-17(20)19(12-13)16-9-5-4-8-15(16)14-6-2-1-3-7-14/h1-9,13H,10-12,18H2. The average molecular weight is 266 g/mol. The molecule has 0 spiro atoms. The van der Waals surface area contributed by atoms with Crippen LogP contribution in [0.25, 0.3) is 11.1 Å². The molecule has 3 heteroatoms. The number of hydrogen-bond acceptors (Lipinski definition) is 2. The number of benzene rings is 2. The molecule has 2 aromatic rings. The minimum absolute atomic E-state index is 0.170. The molecule has 1 atom stereocenters. The van der Waals surface area contributed by atoms with E-state index < -0.39 is 0 Å². The summed E-state index contributed by atoms with van der Waals surface area (Å²) in [5.74, 6) is 0.440. The maximum absolute atomic E-state index is 12.2. The summed E-state index contributed by atoms with van der Waals surface area (Å²) in [7, 11) is 0. The molecule has 0 bridgehead atoms. The van der Waals surface area contributed by atoms with Crippen molar-refractivity contribution in [2.75, 3.05) is 18.0 Å². The van der Waals surface area contributed by atoms with Gasteiger partial charge in [-0.3, -0.25) is 4.79 Å². The van der Waals surface area contributed by atoms with Gasteiger partial charge < -0.3 is 10.6 Å². The molecule has 0 radical (unpaired) electrons. The number of hydrogen-bond donors (Lipinski definition) is 1. The molecule has 3 nitrogen and oxygen atoms in total. The Morgan fingerprint density at radius 3 is 2.45 bits per heavy atom. The first-order valence-corrected chi connectivity index (χ1v) is 6.94. The fourth-order valence-electron chi connectivity index (χ4n) is 2.74. The number of carbonyl (C=O) groups is 1. The zero-order valence-corrected chi connectivity index (χ0v) is 11.3. The Labute approximate surface area is 119 Å². The SMILES string of the molecule is NCC1CC(=O)N(c2ccccc2-c2ccccc2)C1. The van der Waals surface area contributed by atoms with E-state index in [1.807, 2.05) is 41.3 Å². The topological polar surface area (TPSA) is 46.3 Å². The molecule has 1 amide bonds. The molecule has 0 aromatic heterocycles. The first-order valence-electron chi connectivity index (χ1n) is 6.94. The van der Waals surface area contributed by atoms with Gasteiger partial charge in [0, 0.05) is 18.5 Å². The van der Waals surface area contributed by atoms with E-state index in [9.17, 15) is 4.79 Å². The molecule has 20 heavy (non-hydrogen) atoms. The van der Waals surface area contributed by atoms with Gasteiger partial charge in [0.1, 0.15) is 0 Å². The number of carbonyl (C=O) groups excluding carboxylic acids is 1. The lowest BCUT2D eigenvalue weighted by atomic mass is 10.0. The van der Waals surface area contributed by atoms with Crippen molar-refractivity contribution < 1.29 is 4.79 Å². The summed E-state index contributed by atoms with van der Waals surface area (Å²) in [6, 6.07) is 18.2. The lowest BCUT2D eigenvalue weighted by Gasteiger charge is -2.20. The van der Waals surface area contributed by atoms with Gasteiger partial charge in [0.15, 0.2) is 0 Å². The zero-order valence-electron chi connectivity index (χ0n) is 11.3. The lowest BCUT2D eigenvalue weighted by Crippen LogP contribution is -2.26. The van der Waals surface area contributed by atoms with Gasteiger partial charge in [-0.15, -0.1) is 0 Å². The average Bonchev–Trinajstić information content (AvgIpc) is 2.89. The third-order valence-corrected chi connectivity index (χ3v) is 3.82. The largest absolute Gasteiger partial charge is 0.330 e. The van der Waals surface area contributed by atoms with Gasteiger partial charge in [-0.2, -0.15) is 0 Å². The van der Waals surface area contributed by atoms with Crippen LogP contribution in [0.3, 0.4) is 0 Å². The normalized spacial score (nSPS) is 18.6. The zero-order chi connectivity index (χ0) is 13.9. The summed E-state index contributed by atoms with van der Waals surface area (Å²) < 4.78 is 0. The van der Waals surface area contributed by atoms with E-state index in [2.05, 4.69) is 18.2 Å². The van der Waals surface area contributed by atoms with E-state index in [0.717, 1.165) is 23.4 Å². The molecule has 102 valence electrons. The van der Waals surface area contributed by atoms with E-state index in [4.69, 9.17) is 5.73 Å². The number of nitrogens with two attached hydrogens (primary N) is 1. The third-order valence-electron chi connectivity index (χ3n) is 3.82. The van der Waals surface area contributed by atoms with Crippen molar-refractivity contribution in [1.82, 2.24) is 0 Å². The second-order valence-corrected chi connectivity index (χ2v) is 5.19. The number of amides is 1. The van der Waals surface area contributed by atoms with Gasteiger partial charge >= 0.3 is 0 Å². The predicted molar refractivity (Wildman–Crippen MR) is 81.4 cm³/mol. The fourth-order valence-corrected chi connectivity index (χ4v) is 2.74. The smallest absolute Gasteiger partial charge is 0.227 e. The fraction of sp³-hybridized carbons (Fsp3) is 0.235. The van der Waals surface area contributed by atoms with E-state index in [1.165, 1.54) is 0 Å². The molecule has 1 fully saturated rings. The highest BCUT2D eigenvalue weighted by Gasteiger charge is 2.30. The minimum Gasteiger partial charge on any atom is -0.330 e. The Morgan fingerprint density at radius 1 is 1.05 bits per heavy atom. The summed E-state index contributed by atoms with van der Waals surface area (Å²) in [6.07, 6.45) is 0.555. The van der Waals surface area contributed by atoms with E-state index in [-0.39, 0.29) is 11.8 Å². The van der Waals surface area contributed by atoms with Crippen molar-refractivity contribution in [3.05, 3.63) is 54.6 Å². The molecular weight excluding hydrogens is 248 g/mol. The van der Waals surface area contributed by atoms with Gasteiger partial charge in [-0.25, -0.2) is 0 Å². The molecule has 0 aliphatic carbocycles. The Morgan fingerprint density at radius 2 is 1.75 bits per heavy atom. The van der Waals surface area contributed by atoms with Crippen molar-refractivity contribution in [2.45, 2.75) is 6.42 Å². The van der Waals surface area contributed by atoms with Crippen LogP contribution in [0.4, 0.5) is 5.69 Å². The van der Waals surface area contributed by atoms with E-state index in [0.29, 0.717) is 13.0 Å². The molecule has 1 heterocycles. The van der Waals surface area contributed by atoms with Crippen LogP contribution < -0.4 is 10.6 Å². The number of anilines is 1. The molecule has 2 aromatic carbocycles. The third kappa shape index (κ3) is 2.32. The molecular formula is C17H18N2O. The summed E-state index contributed by atoms with van der Waals surface area (Å²) in [5, 5.41) is 0. The van der Waals surface area contributed by atoms with E-state index in [1.54, 1.807) is 0 Å². The quantitative estimate of drug-likeness (QED) is 0.928. The highest BCUT2D eigenvalue weighted by molar-refractivity contribution is 5.99. The first kappa shape index (κ1) is 12.9. The van der Waals surface area contributed by atoms with Crippen LogP contribution in [0.15, 0.2) is 54.6 Å². The van der Waals surface area contributed by atoms with Crippen LogP contribution >= 0.6 is 0 Å². The molecule has 1 aliphatic rings. The molecule has 1 aliphatic heterocycles. The first-order chi connectivity index (χ1) is 9.79. The highest BCUT2D eigenvalue weighted by atomic mass is 16.2. The molecule has 2 N–H and O–H groups in total. The maximum atomic E-state index is 12.2. The van der Waals surface area contributed by atoms with Crippen molar-refractivity contribution >= 4 is 11.6 Å². The number of para-hydroxylation sites is 1. The van der Waals surface area contributed by atoms with Crippen molar-refractivity contribution in [3.8, 4) is 11.1 Å². The van der Waals surface area contributed by atoms with Crippen LogP contribution in [-0.4, -0.2) is 19.0 Å². The lowest BCUT2D eigenvalue weighted by molar-refractivity contribution is -0.117. The molecule has 0 saturated carbocycles. The molecule has 1 saturated heterocycles. The Hall–Kier alpha value is -2.13.